The predicted octanol–water partition coefficient (Wildman–Crippen LogP) is 4.67. The van der Waals surface area contributed by atoms with Crippen LogP contribution in [-0.2, 0) is 4.74 Å². The van der Waals surface area contributed by atoms with E-state index in [1.54, 1.807) is 0 Å². The van der Waals surface area contributed by atoms with Crippen LogP contribution in [0.1, 0.15) is 70.0 Å². The zero-order valence-corrected chi connectivity index (χ0v) is 14.1. The van der Waals surface area contributed by atoms with Crippen LogP contribution in [0, 0.1) is 5.92 Å². The highest BCUT2D eigenvalue weighted by molar-refractivity contribution is 5.28. The van der Waals surface area contributed by atoms with E-state index in [1.807, 2.05) is 0 Å². The first-order valence-corrected chi connectivity index (χ1v) is 8.62. The van der Waals surface area contributed by atoms with Crippen molar-refractivity contribution >= 4 is 0 Å². The first-order chi connectivity index (χ1) is 10.2. The summed E-state index contributed by atoms with van der Waals surface area (Å²) in [5.41, 5.74) is 2.81. The molecule has 1 aromatic rings. The van der Waals surface area contributed by atoms with Crippen LogP contribution in [0.15, 0.2) is 24.3 Å². The van der Waals surface area contributed by atoms with E-state index in [0.717, 1.165) is 19.6 Å². The third kappa shape index (κ3) is 4.08. The Bertz CT molecular complexity index is 414. The Morgan fingerprint density at radius 1 is 1.19 bits per heavy atom. The minimum atomic E-state index is 0.311. The van der Waals surface area contributed by atoms with Crippen molar-refractivity contribution in [3.8, 4) is 0 Å². The SMILES string of the molecule is CCCNC(c1ccc(C(C)CC)cc1)C1OCCC1C. The molecule has 0 radical (unpaired) electrons. The maximum atomic E-state index is 6.02. The van der Waals surface area contributed by atoms with Crippen LogP contribution in [0.4, 0.5) is 0 Å². The van der Waals surface area contributed by atoms with E-state index in [0.29, 0.717) is 24.0 Å². The standard InChI is InChI=1S/C19H31NO/c1-5-12-20-18(19-15(4)11-13-21-19)17-9-7-16(8-10-17)14(3)6-2/h7-10,14-15,18-20H,5-6,11-13H2,1-4H3. The van der Waals surface area contributed by atoms with Crippen molar-refractivity contribution in [2.75, 3.05) is 13.2 Å². The number of hydrogen-bond donors (Lipinski definition) is 1. The summed E-state index contributed by atoms with van der Waals surface area (Å²) in [5.74, 6) is 1.27. The zero-order valence-electron chi connectivity index (χ0n) is 14.1. The summed E-state index contributed by atoms with van der Waals surface area (Å²) in [5, 5.41) is 3.70. The number of hydrogen-bond acceptors (Lipinski definition) is 2. The van der Waals surface area contributed by atoms with Gasteiger partial charge in [-0.3, -0.25) is 0 Å². The lowest BCUT2D eigenvalue weighted by molar-refractivity contribution is 0.0607. The Labute approximate surface area is 130 Å². The average Bonchev–Trinajstić information content (AvgIpc) is 2.94. The number of nitrogens with one attached hydrogen (secondary N) is 1. The second-order valence-electron chi connectivity index (χ2n) is 6.51. The van der Waals surface area contributed by atoms with Crippen molar-refractivity contribution in [1.29, 1.82) is 0 Å². The topological polar surface area (TPSA) is 21.3 Å². The summed E-state index contributed by atoms with van der Waals surface area (Å²) in [6, 6.07) is 9.51. The lowest BCUT2D eigenvalue weighted by atomic mass is 9.90. The van der Waals surface area contributed by atoms with Crippen LogP contribution in [0.25, 0.3) is 0 Å². The van der Waals surface area contributed by atoms with E-state index in [4.69, 9.17) is 4.74 Å². The lowest BCUT2D eigenvalue weighted by Gasteiger charge is -2.28. The van der Waals surface area contributed by atoms with E-state index in [-0.39, 0.29) is 0 Å². The van der Waals surface area contributed by atoms with Crippen molar-refractivity contribution in [1.82, 2.24) is 5.32 Å². The maximum absolute atomic E-state index is 6.02. The second kappa shape index (κ2) is 7.95. The van der Waals surface area contributed by atoms with Crippen molar-refractivity contribution in [3.05, 3.63) is 35.4 Å². The molecule has 2 nitrogen and oxygen atoms in total. The average molecular weight is 289 g/mol. The molecule has 1 N–H and O–H groups in total. The van der Waals surface area contributed by atoms with E-state index in [9.17, 15) is 0 Å². The van der Waals surface area contributed by atoms with E-state index in [2.05, 4.69) is 57.3 Å². The minimum Gasteiger partial charge on any atom is -0.376 e. The van der Waals surface area contributed by atoms with Gasteiger partial charge in [0.2, 0.25) is 0 Å². The van der Waals surface area contributed by atoms with E-state index < -0.39 is 0 Å². The monoisotopic (exact) mass is 289 g/mol. The van der Waals surface area contributed by atoms with Gasteiger partial charge in [0.1, 0.15) is 0 Å². The Hall–Kier alpha value is -0.860. The van der Waals surface area contributed by atoms with Gasteiger partial charge in [0.05, 0.1) is 12.1 Å². The third-order valence-corrected chi connectivity index (χ3v) is 4.86. The fourth-order valence-electron chi connectivity index (χ4n) is 3.13. The summed E-state index contributed by atoms with van der Waals surface area (Å²) < 4.78 is 6.02. The summed E-state index contributed by atoms with van der Waals surface area (Å²) in [4.78, 5) is 0. The van der Waals surface area contributed by atoms with Gasteiger partial charge in [-0.1, -0.05) is 52.0 Å². The third-order valence-electron chi connectivity index (χ3n) is 4.86. The molecule has 0 saturated carbocycles. The molecule has 1 aliphatic rings. The molecule has 4 atom stereocenters. The van der Waals surface area contributed by atoms with Crippen molar-refractivity contribution in [2.45, 2.75) is 65.0 Å². The smallest absolute Gasteiger partial charge is 0.0795 e. The molecule has 1 fully saturated rings. The van der Waals surface area contributed by atoms with Gasteiger partial charge in [-0.15, -0.1) is 0 Å². The summed E-state index contributed by atoms with van der Waals surface area (Å²) >= 11 is 0. The molecule has 0 spiro atoms. The van der Waals surface area contributed by atoms with Crippen molar-refractivity contribution in [2.24, 2.45) is 5.92 Å². The quantitative estimate of drug-likeness (QED) is 0.788. The molecule has 1 aromatic carbocycles. The second-order valence-corrected chi connectivity index (χ2v) is 6.51. The molecule has 0 amide bonds. The van der Waals surface area contributed by atoms with Crippen LogP contribution in [0.5, 0.6) is 0 Å². The molecule has 1 heterocycles. The molecular formula is C19H31NO. The molecule has 21 heavy (non-hydrogen) atoms. The number of ether oxygens (including phenoxy) is 1. The molecule has 0 aromatic heterocycles. The number of benzene rings is 1. The highest BCUT2D eigenvalue weighted by Gasteiger charge is 2.32. The summed E-state index contributed by atoms with van der Waals surface area (Å²) in [6.45, 7) is 11.0. The zero-order chi connectivity index (χ0) is 15.2. The Balaban J connectivity index is 2.15. The largest absolute Gasteiger partial charge is 0.376 e. The van der Waals surface area contributed by atoms with Gasteiger partial charge in [0, 0.05) is 6.61 Å². The molecule has 118 valence electrons. The van der Waals surface area contributed by atoms with Crippen LogP contribution < -0.4 is 5.32 Å². The Morgan fingerprint density at radius 3 is 2.38 bits per heavy atom. The van der Waals surface area contributed by atoms with Crippen LogP contribution >= 0.6 is 0 Å². The van der Waals surface area contributed by atoms with Gasteiger partial charge in [-0.05, 0) is 48.8 Å². The predicted molar refractivity (Wildman–Crippen MR) is 89.7 cm³/mol. The van der Waals surface area contributed by atoms with Gasteiger partial charge < -0.3 is 10.1 Å². The van der Waals surface area contributed by atoms with Gasteiger partial charge in [-0.2, -0.15) is 0 Å². The van der Waals surface area contributed by atoms with Crippen LogP contribution in [0.2, 0.25) is 0 Å². The van der Waals surface area contributed by atoms with Crippen LogP contribution in [0.3, 0.4) is 0 Å². The maximum Gasteiger partial charge on any atom is 0.0795 e. The molecule has 2 rings (SSSR count). The number of rotatable bonds is 7. The Kier molecular flexibility index (Phi) is 6.25. The highest BCUT2D eigenvalue weighted by Crippen LogP contribution is 2.32. The molecule has 1 aliphatic heterocycles. The van der Waals surface area contributed by atoms with Gasteiger partial charge >= 0.3 is 0 Å². The van der Waals surface area contributed by atoms with Crippen LogP contribution in [-0.4, -0.2) is 19.3 Å². The summed E-state index contributed by atoms with van der Waals surface area (Å²) in [6.07, 6.45) is 3.84. The summed E-state index contributed by atoms with van der Waals surface area (Å²) in [7, 11) is 0. The first kappa shape index (κ1) is 16.5. The van der Waals surface area contributed by atoms with Crippen molar-refractivity contribution in [3.63, 3.8) is 0 Å². The minimum absolute atomic E-state index is 0.311. The van der Waals surface area contributed by atoms with E-state index in [1.165, 1.54) is 24.0 Å². The molecule has 0 bridgehead atoms. The highest BCUT2D eigenvalue weighted by atomic mass is 16.5. The molecule has 4 unspecified atom stereocenters. The van der Waals surface area contributed by atoms with Gasteiger partial charge in [-0.25, -0.2) is 0 Å². The molecule has 2 heteroatoms. The normalized spacial score (nSPS) is 25.0. The van der Waals surface area contributed by atoms with Gasteiger partial charge in [0.15, 0.2) is 0 Å². The molecule has 1 saturated heterocycles. The van der Waals surface area contributed by atoms with E-state index >= 15 is 0 Å². The molecule has 0 aliphatic carbocycles. The molecular weight excluding hydrogens is 258 g/mol. The van der Waals surface area contributed by atoms with Gasteiger partial charge in [0.25, 0.3) is 0 Å². The lowest BCUT2D eigenvalue weighted by Crippen LogP contribution is -2.35. The fourth-order valence-corrected chi connectivity index (χ4v) is 3.13. The first-order valence-electron chi connectivity index (χ1n) is 8.62. The fraction of sp³-hybridized carbons (Fsp3) is 0.684. The Morgan fingerprint density at radius 2 is 1.86 bits per heavy atom. The van der Waals surface area contributed by atoms with Crippen molar-refractivity contribution < 1.29 is 4.74 Å².